The highest BCUT2D eigenvalue weighted by molar-refractivity contribution is 6.21. The molecule has 2 heteroatoms. The van der Waals surface area contributed by atoms with Gasteiger partial charge in [-0.15, -0.1) is 0 Å². The summed E-state index contributed by atoms with van der Waals surface area (Å²) >= 11 is 0. The Bertz CT molecular complexity index is 2850. The van der Waals surface area contributed by atoms with Crippen LogP contribution in [0.25, 0.3) is 94.2 Å². The molecule has 1 aromatic heterocycles. The number of benzene rings is 9. The average molecular weight is 675 g/mol. The highest BCUT2D eigenvalue weighted by atomic mass is 15.1. The number of nitrogens with zero attached hydrogens (tertiary/aromatic N) is 2. The Labute approximate surface area is 308 Å². The van der Waals surface area contributed by atoms with Crippen LogP contribution in [0.1, 0.15) is 0 Å². The van der Waals surface area contributed by atoms with Crippen molar-refractivity contribution >= 4 is 32.6 Å². The molecule has 0 saturated heterocycles. The molecular weight excluding hydrogens is 641 g/mol. The summed E-state index contributed by atoms with van der Waals surface area (Å²) in [5.41, 5.74) is 13.9. The lowest BCUT2D eigenvalue weighted by Crippen LogP contribution is -1.98. The zero-order chi connectivity index (χ0) is 35.1. The van der Waals surface area contributed by atoms with Gasteiger partial charge in [0.05, 0.1) is 11.0 Å². The zero-order valence-corrected chi connectivity index (χ0v) is 29.0. The van der Waals surface area contributed by atoms with Crippen LogP contribution < -0.4 is 0 Å². The molecule has 0 spiro atoms. The smallest absolute Gasteiger partial charge is 0.145 e. The summed E-state index contributed by atoms with van der Waals surface area (Å²) in [4.78, 5) is 5.18. The minimum Gasteiger partial charge on any atom is -0.292 e. The monoisotopic (exact) mass is 674 g/mol. The Morgan fingerprint density at radius 1 is 0.302 bits per heavy atom. The number of hydrogen-bond donors (Lipinski definition) is 0. The summed E-state index contributed by atoms with van der Waals surface area (Å²) in [6.07, 6.45) is 0. The second-order valence-corrected chi connectivity index (χ2v) is 13.5. The van der Waals surface area contributed by atoms with Crippen molar-refractivity contribution in [1.82, 2.24) is 9.55 Å². The first kappa shape index (κ1) is 30.8. The van der Waals surface area contributed by atoms with Gasteiger partial charge in [0.1, 0.15) is 5.82 Å². The third kappa shape index (κ3) is 5.40. The average Bonchev–Trinajstić information content (AvgIpc) is 3.63. The molecule has 0 unspecified atom stereocenters. The molecule has 2 nitrogen and oxygen atoms in total. The van der Waals surface area contributed by atoms with Crippen molar-refractivity contribution < 1.29 is 0 Å². The van der Waals surface area contributed by atoms with Gasteiger partial charge in [-0.3, -0.25) is 4.57 Å². The van der Waals surface area contributed by atoms with Crippen molar-refractivity contribution in [2.75, 3.05) is 0 Å². The predicted octanol–water partition coefficient (Wildman–Crippen LogP) is 13.7. The molecule has 0 N–H and O–H groups in total. The first-order chi connectivity index (χ1) is 26.3. The topological polar surface area (TPSA) is 17.8 Å². The Kier molecular flexibility index (Phi) is 7.51. The van der Waals surface area contributed by atoms with Gasteiger partial charge in [0, 0.05) is 11.3 Å². The normalized spacial score (nSPS) is 11.4. The van der Waals surface area contributed by atoms with E-state index in [9.17, 15) is 0 Å². The van der Waals surface area contributed by atoms with Crippen LogP contribution in [0.3, 0.4) is 0 Å². The Hall–Kier alpha value is -7.03. The molecule has 0 bridgehead atoms. The molecule has 9 aromatic carbocycles. The second-order valence-electron chi connectivity index (χ2n) is 13.5. The van der Waals surface area contributed by atoms with Gasteiger partial charge in [-0.2, -0.15) is 0 Å². The van der Waals surface area contributed by atoms with Crippen molar-refractivity contribution in [3.05, 3.63) is 206 Å². The van der Waals surface area contributed by atoms with Crippen LogP contribution in [0.5, 0.6) is 0 Å². The van der Waals surface area contributed by atoms with Crippen LogP contribution in [0, 0.1) is 0 Å². The van der Waals surface area contributed by atoms with E-state index in [1.165, 1.54) is 66.1 Å². The van der Waals surface area contributed by atoms with Crippen LogP contribution >= 0.6 is 0 Å². The number of para-hydroxylation sites is 2. The van der Waals surface area contributed by atoms with Crippen LogP contribution in [0.4, 0.5) is 0 Å². The van der Waals surface area contributed by atoms with E-state index in [1.54, 1.807) is 0 Å². The van der Waals surface area contributed by atoms with Gasteiger partial charge < -0.3 is 0 Å². The summed E-state index contributed by atoms with van der Waals surface area (Å²) < 4.78 is 2.29. The Balaban J connectivity index is 1.11. The molecule has 0 aliphatic carbocycles. The van der Waals surface area contributed by atoms with Gasteiger partial charge >= 0.3 is 0 Å². The number of hydrogen-bond acceptors (Lipinski definition) is 1. The number of imidazole rings is 1. The van der Waals surface area contributed by atoms with Crippen LogP contribution in [0.15, 0.2) is 206 Å². The summed E-state index contributed by atoms with van der Waals surface area (Å²) in [5, 5.41) is 4.98. The van der Waals surface area contributed by atoms with E-state index < -0.39 is 0 Å². The highest BCUT2D eigenvalue weighted by Crippen LogP contribution is 2.44. The van der Waals surface area contributed by atoms with Gasteiger partial charge in [-0.1, -0.05) is 176 Å². The summed E-state index contributed by atoms with van der Waals surface area (Å²) in [6, 6.07) is 74.0. The summed E-state index contributed by atoms with van der Waals surface area (Å²) in [5.74, 6) is 0.926. The van der Waals surface area contributed by atoms with Crippen molar-refractivity contribution in [1.29, 1.82) is 0 Å². The standard InChI is InChI=1S/C51H34N2/c1-3-14-35(15-4-1)37-26-28-38(29-27-37)49-43-20-7-9-22-45(43)50(46-23-10-8-21-44(46)49)39-30-32-42(33-31-39)53-48-25-12-11-24-47(48)52-51(53)41-19-13-18-40(34-41)36-16-5-2-6-17-36/h1-34H. The van der Waals surface area contributed by atoms with E-state index in [4.69, 9.17) is 4.98 Å². The van der Waals surface area contributed by atoms with Gasteiger partial charge in [-0.25, -0.2) is 4.98 Å². The number of fused-ring (bicyclic) bond motifs is 3. The summed E-state index contributed by atoms with van der Waals surface area (Å²) in [7, 11) is 0. The first-order valence-corrected chi connectivity index (χ1v) is 18.1. The predicted molar refractivity (Wildman–Crippen MR) is 223 cm³/mol. The third-order valence-corrected chi connectivity index (χ3v) is 10.4. The van der Waals surface area contributed by atoms with E-state index in [1.807, 2.05) is 0 Å². The van der Waals surface area contributed by atoms with E-state index in [0.29, 0.717) is 0 Å². The van der Waals surface area contributed by atoms with E-state index in [0.717, 1.165) is 28.1 Å². The molecule has 0 aliphatic rings. The number of aromatic nitrogens is 2. The molecular formula is C51H34N2. The molecule has 248 valence electrons. The molecule has 0 saturated carbocycles. The fraction of sp³-hybridized carbons (Fsp3) is 0. The van der Waals surface area contributed by atoms with Crippen molar-refractivity contribution in [2.45, 2.75) is 0 Å². The third-order valence-electron chi connectivity index (χ3n) is 10.4. The SMILES string of the molecule is c1ccc(-c2ccc(-c3c4ccccc4c(-c4ccc(-n5c(-c6cccc(-c7ccccc7)c6)nc6ccccc65)cc4)c4ccccc34)cc2)cc1. The maximum absolute atomic E-state index is 5.18. The zero-order valence-electron chi connectivity index (χ0n) is 29.0. The first-order valence-electron chi connectivity index (χ1n) is 18.1. The van der Waals surface area contributed by atoms with Crippen molar-refractivity contribution in [2.24, 2.45) is 0 Å². The molecule has 0 aliphatic heterocycles. The highest BCUT2D eigenvalue weighted by Gasteiger charge is 2.18. The summed E-state index contributed by atoms with van der Waals surface area (Å²) in [6.45, 7) is 0. The molecule has 0 atom stereocenters. The quantitative estimate of drug-likeness (QED) is 0.161. The van der Waals surface area contributed by atoms with Gasteiger partial charge in [-0.05, 0) is 96.4 Å². The van der Waals surface area contributed by atoms with Gasteiger partial charge in [0.25, 0.3) is 0 Å². The maximum Gasteiger partial charge on any atom is 0.145 e. The van der Waals surface area contributed by atoms with Gasteiger partial charge in [0.15, 0.2) is 0 Å². The molecule has 10 aromatic rings. The van der Waals surface area contributed by atoms with Crippen molar-refractivity contribution in [3.8, 4) is 61.6 Å². The van der Waals surface area contributed by atoms with Crippen LogP contribution in [-0.4, -0.2) is 9.55 Å². The molecule has 0 fully saturated rings. The van der Waals surface area contributed by atoms with Crippen LogP contribution in [0.2, 0.25) is 0 Å². The van der Waals surface area contributed by atoms with E-state index >= 15 is 0 Å². The largest absolute Gasteiger partial charge is 0.292 e. The lowest BCUT2D eigenvalue weighted by atomic mass is 9.85. The fourth-order valence-electron chi connectivity index (χ4n) is 7.94. The van der Waals surface area contributed by atoms with Crippen molar-refractivity contribution in [3.63, 3.8) is 0 Å². The van der Waals surface area contributed by atoms with E-state index in [-0.39, 0.29) is 0 Å². The van der Waals surface area contributed by atoms with E-state index in [2.05, 4.69) is 211 Å². The van der Waals surface area contributed by atoms with Gasteiger partial charge in [0.2, 0.25) is 0 Å². The Morgan fingerprint density at radius 2 is 0.717 bits per heavy atom. The second kappa shape index (κ2) is 12.9. The molecule has 1 heterocycles. The minimum atomic E-state index is 0.926. The molecule has 10 rings (SSSR count). The minimum absolute atomic E-state index is 0.926. The lowest BCUT2D eigenvalue weighted by molar-refractivity contribution is 1.10. The molecule has 0 radical (unpaired) electrons. The molecule has 53 heavy (non-hydrogen) atoms. The maximum atomic E-state index is 5.18. The Morgan fingerprint density at radius 3 is 1.30 bits per heavy atom. The molecule has 0 amide bonds. The lowest BCUT2D eigenvalue weighted by Gasteiger charge is -2.18. The van der Waals surface area contributed by atoms with Crippen LogP contribution in [-0.2, 0) is 0 Å². The fourth-order valence-corrected chi connectivity index (χ4v) is 7.94. The number of rotatable bonds is 6.